The van der Waals surface area contributed by atoms with Crippen molar-refractivity contribution in [2.24, 2.45) is 0 Å². The summed E-state index contributed by atoms with van der Waals surface area (Å²) in [7, 11) is 1.68. The van der Waals surface area contributed by atoms with Gasteiger partial charge in [0.15, 0.2) is 11.6 Å². The average Bonchev–Trinajstić information content (AvgIpc) is 2.43. The van der Waals surface area contributed by atoms with E-state index in [1.165, 1.54) is 17.7 Å². The molecule has 2 nitrogen and oxygen atoms in total. The fourth-order valence-corrected chi connectivity index (χ4v) is 1.53. The lowest BCUT2D eigenvalue weighted by molar-refractivity contribution is 0.432. The summed E-state index contributed by atoms with van der Waals surface area (Å²) in [5, 5.41) is 11.8. The molecule has 2 aromatic carbocycles. The van der Waals surface area contributed by atoms with Crippen molar-refractivity contribution in [2.45, 2.75) is 6.92 Å². The van der Waals surface area contributed by atoms with Crippen LogP contribution in [-0.4, -0.2) is 12.2 Å². The predicted molar refractivity (Wildman–Crippen MR) is 78.9 cm³/mol. The summed E-state index contributed by atoms with van der Waals surface area (Å²) >= 11 is 0. The second kappa shape index (κ2) is 7.21. The lowest BCUT2D eigenvalue weighted by Gasteiger charge is -2.06. The van der Waals surface area contributed by atoms with Crippen molar-refractivity contribution in [2.75, 3.05) is 12.4 Å². The minimum atomic E-state index is -0.642. The minimum absolute atomic E-state index is 0.289. The quantitative estimate of drug-likeness (QED) is 0.792. The van der Waals surface area contributed by atoms with Gasteiger partial charge in [-0.1, -0.05) is 48.6 Å². The summed E-state index contributed by atoms with van der Waals surface area (Å²) in [5.41, 5.74) is 2.22. The maximum absolute atomic E-state index is 13.1. The van der Waals surface area contributed by atoms with E-state index >= 15 is 0 Å². The van der Waals surface area contributed by atoms with Gasteiger partial charge in [0, 0.05) is 18.3 Å². The smallest absolute Gasteiger partial charge is 0.174 e. The summed E-state index contributed by atoms with van der Waals surface area (Å²) in [5.74, 6) is -0.999. The van der Waals surface area contributed by atoms with Gasteiger partial charge < -0.3 is 10.4 Å². The first-order valence-corrected chi connectivity index (χ1v) is 5.93. The maximum atomic E-state index is 13.1. The molecule has 2 aromatic rings. The molecular weight excluding hydrogens is 241 g/mol. The van der Waals surface area contributed by atoms with E-state index < -0.39 is 5.82 Å². The van der Waals surface area contributed by atoms with Gasteiger partial charge in [-0.2, -0.15) is 0 Å². The van der Waals surface area contributed by atoms with E-state index in [9.17, 15) is 4.39 Å². The Hall–Kier alpha value is -2.29. The van der Waals surface area contributed by atoms with Gasteiger partial charge in [-0.3, -0.25) is 0 Å². The second-order valence-corrected chi connectivity index (χ2v) is 3.97. The number of nitrogens with one attached hydrogen (secondary N) is 1. The Bertz CT molecular complexity index is 538. The molecule has 0 saturated heterocycles. The molecule has 0 aliphatic rings. The van der Waals surface area contributed by atoms with Crippen molar-refractivity contribution >= 4 is 11.8 Å². The molecule has 0 saturated carbocycles. The monoisotopic (exact) mass is 259 g/mol. The Labute approximate surface area is 113 Å². The zero-order valence-corrected chi connectivity index (χ0v) is 11.2. The molecule has 0 atom stereocenters. The molecule has 0 aliphatic carbocycles. The molecule has 0 heterocycles. The predicted octanol–water partition coefficient (Wildman–Crippen LogP) is 4.21. The van der Waals surface area contributed by atoms with Crippen LogP contribution in [-0.2, 0) is 0 Å². The van der Waals surface area contributed by atoms with Crippen molar-refractivity contribution in [3.05, 3.63) is 66.0 Å². The zero-order chi connectivity index (χ0) is 14.3. The first-order valence-electron chi connectivity index (χ1n) is 5.93. The van der Waals surface area contributed by atoms with Crippen LogP contribution < -0.4 is 5.32 Å². The normalized spacial score (nSPS) is 9.21. The highest BCUT2D eigenvalue weighted by Crippen LogP contribution is 2.26. The third-order valence-corrected chi connectivity index (χ3v) is 2.57. The van der Waals surface area contributed by atoms with E-state index in [1.807, 2.05) is 18.2 Å². The third kappa shape index (κ3) is 4.14. The SMILES string of the molecule is C=Cc1c(NC)ccc(O)c1F.Cc1ccccc1. The molecule has 0 radical (unpaired) electrons. The molecule has 19 heavy (non-hydrogen) atoms. The van der Waals surface area contributed by atoms with Crippen LogP contribution in [0.25, 0.3) is 6.08 Å². The minimum Gasteiger partial charge on any atom is -0.505 e. The Morgan fingerprint density at radius 3 is 2.21 bits per heavy atom. The van der Waals surface area contributed by atoms with Gasteiger partial charge in [-0.15, -0.1) is 0 Å². The molecule has 0 unspecified atom stereocenters. The Balaban J connectivity index is 0.000000218. The van der Waals surface area contributed by atoms with Crippen LogP contribution in [0, 0.1) is 12.7 Å². The molecule has 2 N–H and O–H groups in total. The molecule has 0 bridgehead atoms. The first-order chi connectivity index (χ1) is 9.10. The number of halogens is 1. The highest BCUT2D eigenvalue weighted by atomic mass is 19.1. The van der Waals surface area contributed by atoms with Crippen LogP contribution in [0.1, 0.15) is 11.1 Å². The zero-order valence-electron chi connectivity index (χ0n) is 11.2. The van der Waals surface area contributed by atoms with E-state index in [4.69, 9.17) is 5.11 Å². The van der Waals surface area contributed by atoms with Gasteiger partial charge >= 0.3 is 0 Å². The van der Waals surface area contributed by atoms with Gasteiger partial charge in [-0.25, -0.2) is 4.39 Å². The van der Waals surface area contributed by atoms with E-state index in [-0.39, 0.29) is 11.3 Å². The molecule has 0 fully saturated rings. The van der Waals surface area contributed by atoms with E-state index in [0.29, 0.717) is 5.69 Å². The number of anilines is 1. The van der Waals surface area contributed by atoms with Gasteiger partial charge in [0.2, 0.25) is 0 Å². The molecule has 0 amide bonds. The maximum Gasteiger partial charge on any atom is 0.174 e. The lowest BCUT2D eigenvalue weighted by Crippen LogP contribution is -1.94. The molecule has 100 valence electrons. The molecule has 0 aromatic heterocycles. The summed E-state index contributed by atoms with van der Waals surface area (Å²) in [6.07, 6.45) is 1.36. The number of benzene rings is 2. The van der Waals surface area contributed by atoms with Crippen LogP contribution in [0.3, 0.4) is 0 Å². The van der Waals surface area contributed by atoms with Crippen LogP contribution in [0.15, 0.2) is 49.0 Å². The van der Waals surface area contributed by atoms with Crippen molar-refractivity contribution in [3.8, 4) is 5.75 Å². The third-order valence-electron chi connectivity index (χ3n) is 2.57. The average molecular weight is 259 g/mol. The fraction of sp³-hybridized carbons (Fsp3) is 0.125. The van der Waals surface area contributed by atoms with Gasteiger partial charge in [0.1, 0.15) is 0 Å². The summed E-state index contributed by atoms with van der Waals surface area (Å²) in [6.45, 7) is 5.53. The summed E-state index contributed by atoms with van der Waals surface area (Å²) in [4.78, 5) is 0. The van der Waals surface area contributed by atoms with Crippen molar-refractivity contribution in [1.82, 2.24) is 0 Å². The first kappa shape index (κ1) is 14.8. The van der Waals surface area contributed by atoms with Crippen LogP contribution in [0.4, 0.5) is 10.1 Å². The second-order valence-electron chi connectivity index (χ2n) is 3.97. The van der Waals surface area contributed by atoms with Crippen molar-refractivity contribution in [1.29, 1.82) is 0 Å². The van der Waals surface area contributed by atoms with Crippen LogP contribution in [0.2, 0.25) is 0 Å². The van der Waals surface area contributed by atoms with Crippen molar-refractivity contribution in [3.63, 3.8) is 0 Å². The van der Waals surface area contributed by atoms with E-state index in [2.05, 4.69) is 31.0 Å². The molecule has 0 aliphatic heterocycles. The topological polar surface area (TPSA) is 32.3 Å². The van der Waals surface area contributed by atoms with Crippen molar-refractivity contribution < 1.29 is 9.50 Å². The van der Waals surface area contributed by atoms with E-state index in [0.717, 1.165) is 0 Å². The number of phenols is 1. The Morgan fingerprint density at radius 1 is 1.16 bits per heavy atom. The number of aromatic hydroxyl groups is 1. The van der Waals surface area contributed by atoms with E-state index in [1.54, 1.807) is 13.1 Å². The number of aryl methyl sites for hydroxylation is 1. The summed E-state index contributed by atoms with van der Waals surface area (Å²) in [6, 6.07) is 13.2. The standard InChI is InChI=1S/C9H10FNO.C7H8/c1-3-6-7(11-2)4-5-8(12)9(6)10;1-7-5-3-2-4-6-7/h3-5,11-12H,1H2,2H3;2-6H,1H3. The largest absolute Gasteiger partial charge is 0.505 e. The number of rotatable bonds is 2. The number of hydrogen-bond acceptors (Lipinski definition) is 2. The molecule has 3 heteroatoms. The Morgan fingerprint density at radius 2 is 1.79 bits per heavy atom. The molecular formula is C16H18FNO. The number of phenolic OH excluding ortho intramolecular Hbond substituents is 1. The molecule has 2 rings (SSSR count). The number of hydrogen-bond donors (Lipinski definition) is 2. The highest BCUT2D eigenvalue weighted by Gasteiger charge is 2.08. The fourth-order valence-electron chi connectivity index (χ4n) is 1.53. The van der Waals surface area contributed by atoms with Gasteiger partial charge in [-0.05, 0) is 19.1 Å². The highest BCUT2D eigenvalue weighted by molar-refractivity contribution is 5.67. The molecule has 0 spiro atoms. The Kier molecular flexibility index (Phi) is 5.61. The van der Waals surface area contributed by atoms with Crippen LogP contribution >= 0.6 is 0 Å². The lowest BCUT2D eigenvalue weighted by atomic mass is 10.1. The summed E-state index contributed by atoms with van der Waals surface area (Å²) < 4.78 is 13.1. The van der Waals surface area contributed by atoms with Crippen LogP contribution in [0.5, 0.6) is 5.75 Å². The van der Waals surface area contributed by atoms with Gasteiger partial charge in [0.25, 0.3) is 0 Å². The van der Waals surface area contributed by atoms with Gasteiger partial charge in [0.05, 0.1) is 0 Å².